The summed E-state index contributed by atoms with van der Waals surface area (Å²) < 4.78 is 10.9. The predicted octanol–water partition coefficient (Wildman–Crippen LogP) is 1.09. The molecule has 18 heavy (non-hydrogen) atoms. The summed E-state index contributed by atoms with van der Waals surface area (Å²) in [4.78, 5) is 6.69. The van der Waals surface area contributed by atoms with E-state index in [1.807, 2.05) is 0 Å². The molecule has 1 saturated carbocycles. The Bertz CT molecular complexity index is 467. The van der Waals surface area contributed by atoms with Crippen molar-refractivity contribution in [1.82, 2.24) is 15.0 Å². The summed E-state index contributed by atoms with van der Waals surface area (Å²) in [7, 11) is 0. The standard InChI is InChI=1S/C12H16N4O2/c1-2-16-3-4-17-10(7-16)11-14-12(18-15-11)9-5-8(9)6-13/h8-10H,2-5,7H2,1H3. The smallest absolute Gasteiger partial charge is 0.231 e. The van der Waals surface area contributed by atoms with Crippen LogP contribution in [0.2, 0.25) is 0 Å². The Kier molecular flexibility index (Phi) is 3.02. The Morgan fingerprint density at radius 3 is 3.17 bits per heavy atom. The first-order chi connectivity index (χ1) is 8.81. The van der Waals surface area contributed by atoms with Crippen LogP contribution in [0.3, 0.4) is 0 Å². The average molecular weight is 248 g/mol. The van der Waals surface area contributed by atoms with Crippen molar-refractivity contribution in [3.63, 3.8) is 0 Å². The zero-order valence-corrected chi connectivity index (χ0v) is 10.4. The molecule has 1 aromatic heterocycles. The minimum absolute atomic E-state index is 0.0534. The largest absolute Gasteiger partial charge is 0.367 e. The molecule has 96 valence electrons. The van der Waals surface area contributed by atoms with Gasteiger partial charge in [-0.25, -0.2) is 0 Å². The molecule has 2 fully saturated rings. The van der Waals surface area contributed by atoms with Crippen LogP contribution in [-0.2, 0) is 4.74 Å². The first-order valence-corrected chi connectivity index (χ1v) is 6.39. The van der Waals surface area contributed by atoms with E-state index in [1.165, 1.54) is 0 Å². The van der Waals surface area contributed by atoms with Crippen molar-refractivity contribution in [2.45, 2.75) is 25.4 Å². The predicted molar refractivity (Wildman–Crippen MR) is 61.6 cm³/mol. The van der Waals surface area contributed by atoms with Gasteiger partial charge < -0.3 is 9.26 Å². The number of hydrogen-bond donors (Lipinski definition) is 0. The van der Waals surface area contributed by atoms with E-state index in [9.17, 15) is 0 Å². The van der Waals surface area contributed by atoms with Gasteiger partial charge in [0.05, 0.1) is 24.5 Å². The molecule has 3 atom stereocenters. The molecule has 1 aliphatic heterocycles. The van der Waals surface area contributed by atoms with Crippen molar-refractivity contribution >= 4 is 0 Å². The summed E-state index contributed by atoms with van der Waals surface area (Å²) in [6, 6.07) is 2.23. The second-order valence-electron chi connectivity index (χ2n) is 4.82. The van der Waals surface area contributed by atoms with Gasteiger partial charge in [-0.3, -0.25) is 4.90 Å². The van der Waals surface area contributed by atoms with Crippen molar-refractivity contribution < 1.29 is 9.26 Å². The van der Waals surface area contributed by atoms with Gasteiger partial charge in [0, 0.05) is 13.1 Å². The minimum Gasteiger partial charge on any atom is -0.367 e. The van der Waals surface area contributed by atoms with E-state index in [1.54, 1.807) is 0 Å². The molecular formula is C12H16N4O2. The number of aromatic nitrogens is 2. The highest BCUT2D eigenvalue weighted by Gasteiger charge is 2.43. The number of ether oxygens (including phenoxy) is 1. The topological polar surface area (TPSA) is 75.2 Å². The Labute approximate surface area is 106 Å². The number of nitriles is 1. The van der Waals surface area contributed by atoms with Crippen molar-refractivity contribution in [3.05, 3.63) is 11.7 Å². The van der Waals surface area contributed by atoms with Crippen molar-refractivity contribution in [3.8, 4) is 6.07 Å². The molecule has 0 amide bonds. The fourth-order valence-electron chi connectivity index (χ4n) is 2.29. The fourth-order valence-corrected chi connectivity index (χ4v) is 2.29. The summed E-state index contributed by atoms with van der Waals surface area (Å²) in [6.45, 7) is 5.60. The molecule has 0 radical (unpaired) electrons. The van der Waals surface area contributed by atoms with Crippen molar-refractivity contribution in [1.29, 1.82) is 5.26 Å². The van der Waals surface area contributed by atoms with E-state index < -0.39 is 0 Å². The van der Waals surface area contributed by atoms with Gasteiger partial charge in [0.25, 0.3) is 0 Å². The lowest BCUT2D eigenvalue weighted by Crippen LogP contribution is -2.38. The molecule has 2 heterocycles. The number of rotatable bonds is 3. The van der Waals surface area contributed by atoms with Gasteiger partial charge in [0.2, 0.25) is 11.7 Å². The van der Waals surface area contributed by atoms with Gasteiger partial charge in [-0.05, 0) is 13.0 Å². The average Bonchev–Trinajstić information content (AvgIpc) is 3.06. The number of nitrogens with zero attached hydrogens (tertiary/aromatic N) is 4. The molecule has 2 aliphatic rings. The molecule has 0 aromatic carbocycles. The Morgan fingerprint density at radius 2 is 2.44 bits per heavy atom. The van der Waals surface area contributed by atoms with Gasteiger partial charge in [-0.2, -0.15) is 10.2 Å². The van der Waals surface area contributed by atoms with E-state index in [2.05, 4.69) is 28.0 Å². The van der Waals surface area contributed by atoms with Crippen LogP contribution in [0.4, 0.5) is 0 Å². The number of morpholine rings is 1. The molecule has 3 unspecified atom stereocenters. The normalized spacial score (nSPS) is 32.1. The van der Waals surface area contributed by atoms with Crippen LogP contribution >= 0.6 is 0 Å². The van der Waals surface area contributed by atoms with E-state index in [-0.39, 0.29) is 17.9 Å². The quantitative estimate of drug-likeness (QED) is 0.797. The van der Waals surface area contributed by atoms with Crippen LogP contribution < -0.4 is 0 Å². The molecule has 0 spiro atoms. The Hall–Kier alpha value is -1.45. The lowest BCUT2D eigenvalue weighted by atomic mass is 10.2. The second-order valence-corrected chi connectivity index (χ2v) is 4.82. The van der Waals surface area contributed by atoms with Crippen LogP contribution in [0.15, 0.2) is 4.52 Å². The number of likely N-dealkylation sites (N-methyl/N-ethyl adjacent to an activating group) is 1. The van der Waals surface area contributed by atoms with E-state index >= 15 is 0 Å². The zero-order valence-electron chi connectivity index (χ0n) is 10.4. The Balaban J connectivity index is 1.68. The molecule has 0 N–H and O–H groups in total. The van der Waals surface area contributed by atoms with Crippen LogP contribution in [0.1, 0.15) is 37.1 Å². The second kappa shape index (κ2) is 4.67. The van der Waals surface area contributed by atoms with E-state index in [4.69, 9.17) is 14.5 Å². The van der Waals surface area contributed by atoms with E-state index in [0.29, 0.717) is 18.3 Å². The van der Waals surface area contributed by atoms with Crippen molar-refractivity contribution in [2.24, 2.45) is 5.92 Å². The summed E-state index contributed by atoms with van der Waals surface area (Å²) in [6.07, 6.45) is 0.737. The molecule has 0 bridgehead atoms. The first-order valence-electron chi connectivity index (χ1n) is 6.39. The van der Waals surface area contributed by atoms with Crippen LogP contribution in [-0.4, -0.2) is 41.3 Å². The third-order valence-corrected chi connectivity index (χ3v) is 3.62. The summed E-state index contributed by atoms with van der Waals surface area (Å²) in [5.74, 6) is 1.40. The maximum absolute atomic E-state index is 8.79. The lowest BCUT2D eigenvalue weighted by Gasteiger charge is -2.30. The van der Waals surface area contributed by atoms with Crippen LogP contribution in [0, 0.1) is 17.2 Å². The van der Waals surface area contributed by atoms with Gasteiger partial charge in [-0.1, -0.05) is 12.1 Å². The molecular weight excluding hydrogens is 232 g/mol. The van der Waals surface area contributed by atoms with Crippen molar-refractivity contribution in [2.75, 3.05) is 26.2 Å². The fraction of sp³-hybridized carbons (Fsp3) is 0.750. The highest BCUT2D eigenvalue weighted by atomic mass is 16.5. The third-order valence-electron chi connectivity index (χ3n) is 3.62. The highest BCUT2D eigenvalue weighted by molar-refractivity contribution is 5.15. The lowest BCUT2D eigenvalue weighted by molar-refractivity contribution is -0.0334. The zero-order chi connectivity index (χ0) is 12.5. The van der Waals surface area contributed by atoms with E-state index in [0.717, 1.165) is 26.1 Å². The van der Waals surface area contributed by atoms with Gasteiger partial charge in [-0.15, -0.1) is 0 Å². The molecule has 3 rings (SSSR count). The SMILES string of the molecule is CCN1CCOC(c2noc(C3CC3C#N)n2)C1. The Morgan fingerprint density at radius 1 is 1.56 bits per heavy atom. The first kappa shape index (κ1) is 11.6. The molecule has 1 aromatic rings. The summed E-state index contributed by atoms with van der Waals surface area (Å²) in [5.41, 5.74) is 0. The van der Waals surface area contributed by atoms with Gasteiger partial charge >= 0.3 is 0 Å². The number of hydrogen-bond acceptors (Lipinski definition) is 6. The van der Waals surface area contributed by atoms with Crippen LogP contribution in [0.5, 0.6) is 0 Å². The maximum Gasteiger partial charge on any atom is 0.231 e. The summed E-state index contributed by atoms with van der Waals surface area (Å²) >= 11 is 0. The van der Waals surface area contributed by atoms with Crippen LogP contribution in [0.25, 0.3) is 0 Å². The molecule has 1 saturated heterocycles. The molecule has 6 nitrogen and oxygen atoms in total. The van der Waals surface area contributed by atoms with Gasteiger partial charge in [0.15, 0.2) is 0 Å². The third kappa shape index (κ3) is 2.11. The molecule has 1 aliphatic carbocycles. The van der Waals surface area contributed by atoms with Gasteiger partial charge in [0.1, 0.15) is 6.10 Å². The minimum atomic E-state index is -0.101. The maximum atomic E-state index is 8.79. The molecule has 6 heteroatoms. The highest BCUT2D eigenvalue weighted by Crippen LogP contribution is 2.46. The summed E-state index contributed by atoms with van der Waals surface area (Å²) in [5, 5.41) is 12.8. The monoisotopic (exact) mass is 248 g/mol.